The van der Waals surface area contributed by atoms with Gasteiger partial charge in [0.1, 0.15) is 12.4 Å². The van der Waals surface area contributed by atoms with Crippen LogP contribution in [0.2, 0.25) is 0 Å². The molecule has 1 atom stereocenters. The van der Waals surface area contributed by atoms with Crippen molar-refractivity contribution in [3.63, 3.8) is 0 Å². The van der Waals surface area contributed by atoms with Crippen LogP contribution in [-0.4, -0.2) is 47.2 Å². The molecule has 2 N–H and O–H groups in total. The number of para-hydroxylation sites is 1. The van der Waals surface area contributed by atoms with Crippen LogP contribution in [0.5, 0.6) is 5.75 Å². The summed E-state index contributed by atoms with van der Waals surface area (Å²) in [6, 6.07) is 16.2. The number of H-pyrrole nitrogens is 1. The van der Waals surface area contributed by atoms with Crippen molar-refractivity contribution in [2.75, 3.05) is 20.1 Å². The molecule has 6 heteroatoms. The summed E-state index contributed by atoms with van der Waals surface area (Å²) in [5.74, 6) is 0.847. The van der Waals surface area contributed by atoms with Gasteiger partial charge in [0, 0.05) is 34.8 Å². The lowest BCUT2D eigenvalue weighted by molar-refractivity contribution is 0.0950. The minimum Gasteiger partial charge on any atom is -0.488 e. The van der Waals surface area contributed by atoms with Gasteiger partial charge in [0.25, 0.3) is 5.91 Å². The number of benzene rings is 2. The number of aromatic amines is 1. The summed E-state index contributed by atoms with van der Waals surface area (Å²) in [5.41, 5.74) is 5.60. The number of hydrogen-bond acceptors (Lipinski definition) is 4. The maximum atomic E-state index is 12.5. The van der Waals surface area contributed by atoms with Crippen molar-refractivity contribution in [2.24, 2.45) is 0 Å². The van der Waals surface area contributed by atoms with Crippen molar-refractivity contribution in [2.45, 2.75) is 31.9 Å². The number of hydrogen-bond donors (Lipinski definition) is 2. The molecule has 1 saturated heterocycles. The van der Waals surface area contributed by atoms with E-state index >= 15 is 0 Å². The molecule has 2 aliphatic heterocycles. The van der Waals surface area contributed by atoms with E-state index in [1.165, 1.54) is 12.8 Å². The van der Waals surface area contributed by atoms with Crippen molar-refractivity contribution in [1.82, 2.24) is 20.4 Å². The SMILES string of the molecule is CN1CCCC1CCNC(=O)c1ccc(-c2n[nH]c3c2COc2ccccc2-3)cc1. The Bertz CT molecular complexity index is 1060. The maximum absolute atomic E-state index is 12.5. The zero-order chi connectivity index (χ0) is 20.5. The summed E-state index contributed by atoms with van der Waals surface area (Å²) >= 11 is 0. The summed E-state index contributed by atoms with van der Waals surface area (Å²) in [7, 11) is 2.16. The zero-order valence-corrected chi connectivity index (χ0v) is 17.1. The number of ether oxygens (including phenoxy) is 1. The molecule has 3 heterocycles. The molecule has 154 valence electrons. The molecule has 0 aliphatic carbocycles. The van der Waals surface area contributed by atoms with Crippen LogP contribution in [0.15, 0.2) is 48.5 Å². The van der Waals surface area contributed by atoms with Crippen LogP contribution in [0.25, 0.3) is 22.5 Å². The Balaban J connectivity index is 1.27. The molecule has 5 rings (SSSR count). The molecule has 0 saturated carbocycles. The highest BCUT2D eigenvalue weighted by Gasteiger charge is 2.24. The molecule has 6 nitrogen and oxygen atoms in total. The highest BCUT2D eigenvalue weighted by Crippen LogP contribution is 2.39. The molecule has 1 amide bonds. The number of nitrogens with zero attached hydrogens (tertiary/aromatic N) is 2. The Morgan fingerprint density at radius 1 is 1.23 bits per heavy atom. The van der Waals surface area contributed by atoms with Crippen molar-refractivity contribution in [3.05, 3.63) is 59.7 Å². The third-order valence-corrected chi connectivity index (χ3v) is 6.25. The van der Waals surface area contributed by atoms with Gasteiger partial charge >= 0.3 is 0 Å². The lowest BCUT2D eigenvalue weighted by Gasteiger charge is -2.19. The summed E-state index contributed by atoms with van der Waals surface area (Å²) < 4.78 is 5.90. The van der Waals surface area contributed by atoms with E-state index in [1.807, 2.05) is 48.5 Å². The largest absolute Gasteiger partial charge is 0.488 e. The Morgan fingerprint density at radius 3 is 2.87 bits per heavy atom. The smallest absolute Gasteiger partial charge is 0.251 e. The molecule has 2 aromatic carbocycles. The van der Waals surface area contributed by atoms with Crippen LogP contribution in [0.3, 0.4) is 0 Å². The normalized spacial score (nSPS) is 17.8. The van der Waals surface area contributed by atoms with E-state index in [0.29, 0.717) is 24.8 Å². The summed E-state index contributed by atoms with van der Waals surface area (Å²) in [5, 5.41) is 10.7. The molecule has 1 fully saturated rings. The second kappa shape index (κ2) is 7.95. The number of carbonyl (C=O) groups excluding carboxylic acids is 1. The predicted octanol–water partition coefficient (Wildman–Crippen LogP) is 3.85. The number of nitrogens with one attached hydrogen (secondary N) is 2. The van der Waals surface area contributed by atoms with Gasteiger partial charge < -0.3 is 15.0 Å². The molecule has 2 aliphatic rings. The number of rotatable bonds is 5. The fourth-order valence-corrected chi connectivity index (χ4v) is 4.49. The van der Waals surface area contributed by atoms with Crippen LogP contribution >= 0.6 is 0 Å². The second-order valence-corrected chi connectivity index (χ2v) is 8.11. The third kappa shape index (κ3) is 3.48. The Morgan fingerprint density at radius 2 is 2.07 bits per heavy atom. The molecule has 3 aromatic rings. The van der Waals surface area contributed by atoms with E-state index in [9.17, 15) is 4.79 Å². The molecule has 30 heavy (non-hydrogen) atoms. The first-order chi connectivity index (χ1) is 14.7. The van der Waals surface area contributed by atoms with Gasteiger partial charge in [-0.2, -0.15) is 5.10 Å². The van der Waals surface area contributed by atoms with Gasteiger partial charge in [0.05, 0.1) is 11.4 Å². The van der Waals surface area contributed by atoms with Crippen molar-refractivity contribution in [3.8, 4) is 28.3 Å². The first kappa shape index (κ1) is 18.9. The van der Waals surface area contributed by atoms with Crippen molar-refractivity contribution < 1.29 is 9.53 Å². The number of likely N-dealkylation sites (tertiary alicyclic amines) is 1. The van der Waals surface area contributed by atoms with Crippen molar-refractivity contribution >= 4 is 5.91 Å². The van der Waals surface area contributed by atoms with Crippen LogP contribution in [0, 0.1) is 0 Å². The molecule has 1 aromatic heterocycles. The topological polar surface area (TPSA) is 70.2 Å². The number of carbonyl (C=O) groups is 1. The number of fused-ring (bicyclic) bond motifs is 3. The van der Waals surface area contributed by atoms with Crippen LogP contribution in [0.4, 0.5) is 0 Å². The summed E-state index contributed by atoms with van der Waals surface area (Å²) in [6.07, 6.45) is 3.48. The molecule has 0 bridgehead atoms. The second-order valence-electron chi connectivity index (χ2n) is 8.11. The van der Waals surface area contributed by atoms with E-state index in [4.69, 9.17) is 4.74 Å². The Labute approximate surface area is 176 Å². The van der Waals surface area contributed by atoms with Gasteiger partial charge in [-0.1, -0.05) is 24.3 Å². The van der Waals surface area contributed by atoms with Gasteiger partial charge in [0.2, 0.25) is 0 Å². The van der Waals surface area contributed by atoms with Crippen LogP contribution in [0.1, 0.15) is 35.2 Å². The lowest BCUT2D eigenvalue weighted by Crippen LogP contribution is -2.31. The zero-order valence-electron chi connectivity index (χ0n) is 17.1. The third-order valence-electron chi connectivity index (χ3n) is 6.25. The van der Waals surface area contributed by atoms with Gasteiger partial charge in [0.15, 0.2) is 0 Å². The first-order valence-electron chi connectivity index (χ1n) is 10.6. The van der Waals surface area contributed by atoms with Gasteiger partial charge in [-0.3, -0.25) is 9.89 Å². The van der Waals surface area contributed by atoms with Crippen molar-refractivity contribution in [1.29, 1.82) is 0 Å². The fraction of sp³-hybridized carbons (Fsp3) is 0.333. The molecule has 0 radical (unpaired) electrons. The minimum absolute atomic E-state index is 0.0245. The van der Waals surface area contributed by atoms with Crippen LogP contribution < -0.4 is 10.1 Å². The molecule has 0 spiro atoms. The quantitative estimate of drug-likeness (QED) is 0.680. The van der Waals surface area contributed by atoms with E-state index < -0.39 is 0 Å². The number of aromatic nitrogens is 2. The monoisotopic (exact) mass is 402 g/mol. The first-order valence-corrected chi connectivity index (χ1v) is 10.6. The summed E-state index contributed by atoms with van der Waals surface area (Å²) in [6.45, 7) is 2.35. The Kier molecular flexibility index (Phi) is 5.01. The van der Waals surface area contributed by atoms with Gasteiger partial charge in [-0.05, 0) is 57.1 Å². The molecular weight excluding hydrogens is 376 g/mol. The van der Waals surface area contributed by atoms with Gasteiger partial charge in [-0.15, -0.1) is 0 Å². The highest BCUT2D eigenvalue weighted by molar-refractivity contribution is 5.94. The lowest BCUT2D eigenvalue weighted by atomic mass is 9.99. The van der Waals surface area contributed by atoms with Crippen LogP contribution in [-0.2, 0) is 6.61 Å². The van der Waals surface area contributed by atoms with E-state index in [1.54, 1.807) is 0 Å². The average molecular weight is 402 g/mol. The van der Waals surface area contributed by atoms with E-state index in [0.717, 1.165) is 46.8 Å². The maximum Gasteiger partial charge on any atom is 0.251 e. The molecular formula is C24H26N4O2. The predicted molar refractivity (Wildman–Crippen MR) is 116 cm³/mol. The standard InChI is InChI=1S/C24H26N4O2/c1-28-14-4-5-18(28)12-13-25-24(29)17-10-8-16(9-11-17)22-20-15-30-21-7-3-2-6-19(21)23(20)27-26-22/h2-3,6-11,18H,4-5,12-15H2,1H3,(H,25,29)(H,26,27). The van der Waals surface area contributed by atoms with E-state index in [2.05, 4.69) is 27.5 Å². The average Bonchev–Trinajstić information content (AvgIpc) is 3.40. The molecule has 1 unspecified atom stereocenters. The fourth-order valence-electron chi connectivity index (χ4n) is 4.49. The Hall–Kier alpha value is -3.12. The number of amides is 1. The highest BCUT2D eigenvalue weighted by atomic mass is 16.5. The minimum atomic E-state index is -0.0245. The summed E-state index contributed by atoms with van der Waals surface area (Å²) in [4.78, 5) is 14.9. The van der Waals surface area contributed by atoms with E-state index in [-0.39, 0.29) is 5.91 Å². The van der Waals surface area contributed by atoms with Gasteiger partial charge in [-0.25, -0.2) is 0 Å².